The van der Waals surface area contributed by atoms with Gasteiger partial charge in [-0.05, 0) is 37.5 Å². The molecule has 2 rings (SSSR count). The molecule has 0 aliphatic carbocycles. The van der Waals surface area contributed by atoms with Gasteiger partial charge in [-0.1, -0.05) is 41.0 Å². The highest BCUT2D eigenvalue weighted by Crippen LogP contribution is 2.30. The number of benzene rings is 1. The first-order valence-corrected chi connectivity index (χ1v) is 7.19. The van der Waals surface area contributed by atoms with Crippen molar-refractivity contribution in [2.24, 2.45) is 5.73 Å². The number of nitrogens with two attached hydrogens (primary N) is 1. The van der Waals surface area contributed by atoms with Crippen molar-refractivity contribution in [1.82, 2.24) is 10.1 Å². The first-order chi connectivity index (χ1) is 9.01. The highest BCUT2D eigenvalue weighted by atomic mass is 79.9. The molecule has 2 aromatic rings. The van der Waals surface area contributed by atoms with Crippen molar-refractivity contribution in [3.8, 4) is 11.5 Å². The lowest BCUT2D eigenvalue weighted by molar-refractivity contribution is 0.350. The number of rotatable bonds is 4. The van der Waals surface area contributed by atoms with Gasteiger partial charge < -0.3 is 10.3 Å². The van der Waals surface area contributed by atoms with Gasteiger partial charge in [0.2, 0.25) is 0 Å². The van der Waals surface area contributed by atoms with Gasteiger partial charge >= 0.3 is 0 Å². The van der Waals surface area contributed by atoms with Crippen molar-refractivity contribution in [3.63, 3.8) is 0 Å². The normalized spacial score (nSPS) is 11.8. The molecule has 0 amide bonds. The monoisotopic (exact) mass is 323 g/mol. The Morgan fingerprint density at radius 3 is 2.63 bits per heavy atom. The summed E-state index contributed by atoms with van der Waals surface area (Å²) in [5, 5.41) is 4.05. The Morgan fingerprint density at radius 2 is 2.00 bits per heavy atom. The van der Waals surface area contributed by atoms with Gasteiger partial charge in [0.15, 0.2) is 5.82 Å². The highest BCUT2D eigenvalue weighted by molar-refractivity contribution is 9.10. The lowest BCUT2D eigenvalue weighted by Crippen LogP contribution is -2.36. The summed E-state index contributed by atoms with van der Waals surface area (Å²) in [6.45, 7) is 6.08. The quantitative estimate of drug-likeness (QED) is 0.929. The Balaban J connectivity index is 2.44. The van der Waals surface area contributed by atoms with E-state index in [2.05, 4.69) is 26.1 Å². The number of hydrogen-bond donors (Lipinski definition) is 1. The van der Waals surface area contributed by atoms with Crippen LogP contribution in [0.5, 0.6) is 0 Å². The first-order valence-electron chi connectivity index (χ1n) is 6.40. The standard InChI is InChI=1S/C14H18BrN3O/c1-4-14(16,5-2)13-17-12(19-18-13)10-7-6-8-11(15)9(10)3/h6-8H,4-5,16H2,1-3H3. The van der Waals surface area contributed by atoms with E-state index in [4.69, 9.17) is 10.3 Å². The van der Waals surface area contributed by atoms with Gasteiger partial charge in [0, 0.05) is 10.0 Å². The van der Waals surface area contributed by atoms with Crippen LogP contribution >= 0.6 is 15.9 Å². The van der Waals surface area contributed by atoms with E-state index in [0.717, 1.165) is 28.4 Å². The van der Waals surface area contributed by atoms with Crippen LogP contribution in [-0.4, -0.2) is 10.1 Å². The zero-order valence-corrected chi connectivity index (χ0v) is 13.0. The molecule has 1 aromatic heterocycles. The summed E-state index contributed by atoms with van der Waals surface area (Å²) in [6, 6.07) is 5.90. The van der Waals surface area contributed by atoms with Crippen molar-refractivity contribution in [2.45, 2.75) is 39.2 Å². The third-order valence-electron chi connectivity index (χ3n) is 3.63. The predicted molar refractivity (Wildman–Crippen MR) is 78.6 cm³/mol. The van der Waals surface area contributed by atoms with Gasteiger partial charge in [-0.3, -0.25) is 0 Å². The van der Waals surface area contributed by atoms with Gasteiger partial charge in [-0.2, -0.15) is 4.98 Å². The maximum atomic E-state index is 6.28. The van der Waals surface area contributed by atoms with E-state index < -0.39 is 5.54 Å². The largest absolute Gasteiger partial charge is 0.334 e. The van der Waals surface area contributed by atoms with E-state index >= 15 is 0 Å². The molecule has 0 saturated carbocycles. The van der Waals surface area contributed by atoms with Gasteiger partial charge in [-0.15, -0.1) is 0 Å². The Hall–Kier alpha value is -1.20. The van der Waals surface area contributed by atoms with E-state index in [9.17, 15) is 0 Å². The molecule has 1 aromatic carbocycles. The maximum absolute atomic E-state index is 6.28. The molecule has 2 N–H and O–H groups in total. The minimum Gasteiger partial charge on any atom is -0.334 e. The second-order valence-corrected chi connectivity index (χ2v) is 5.55. The summed E-state index contributed by atoms with van der Waals surface area (Å²) in [5.74, 6) is 1.09. The summed E-state index contributed by atoms with van der Waals surface area (Å²) in [4.78, 5) is 4.47. The lowest BCUT2D eigenvalue weighted by Gasteiger charge is -2.21. The molecule has 0 aliphatic rings. The van der Waals surface area contributed by atoms with Crippen molar-refractivity contribution in [3.05, 3.63) is 34.1 Å². The van der Waals surface area contributed by atoms with Crippen LogP contribution in [0.3, 0.4) is 0 Å². The van der Waals surface area contributed by atoms with Crippen LogP contribution < -0.4 is 5.73 Å². The summed E-state index contributed by atoms with van der Waals surface area (Å²) in [5.41, 5.74) is 7.78. The Labute approximate surface area is 121 Å². The molecule has 0 unspecified atom stereocenters. The minimum absolute atomic E-state index is 0.512. The van der Waals surface area contributed by atoms with E-state index in [1.54, 1.807) is 0 Å². The van der Waals surface area contributed by atoms with E-state index in [0.29, 0.717) is 11.7 Å². The van der Waals surface area contributed by atoms with Gasteiger partial charge in [0.05, 0.1) is 5.54 Å². The fraction of sp³-hybridized carbons (Fsp3) is 0.429. The summed E-state index contributed by atoms with van der Waals surface area (Å²) < 4.78 is 6.40. The van der Waals surface area contributed by atoms with Crippen LogP contribution in [0.15, 0.2) is 27.2 Å². The second-order valence-electron chi connectivity index (χ2n) is 4.70. The van der Waals surface area contributed by atoms with Crippen LogP contribution in [0.25, 0.3) is 11.5 Å². The average Bonchev–Trinajstić information content (AvgIpc) is 2.91. The fourth-order valence-electron chi connectivity index (χ4n) is 1.94. The van der Waals surface area contributed by atoms with Crippen LogP contribution in [0.2, 0.25) is 0 Å². The molecule has 0 bridgehead atoms. The topological polar surface area (TPSA) is 64.9 Å². The Morgan fingerprint density at radius 1 is 1.32 bits per heavy atom. The van der Waals surface area contributed by atoms with Gasteiger partial charge in [0.25, 0.3) is 5.89 Å². The van der Waals surface area contributed by atoms with E-state index in [-0.39, 0.29) is 0 Å². The smallest absolute Gasteiger partial charge is 0.258 e. The second kappa shape index (κ2) is 5.43. The molecule has 0 radical (unpaired) electrons. The van der Waals surface area contributed by atoms with E-state index in [1.165, 1.54) is 0 Å². The van der Waals surface area contributed by atoms with Crippen molar-refractivity contribution in [2.75, 3.05) is 0 Å². The summed E-state index contributed by atoms with van der Waals surface area (Å²) >= 11 is 3.50. The van der Waals surface area contributed by atoms with Crippen molar-refractivity contribution in [1.29, 1.82) is 0 Å². The minimum atomic E-state index is -0.512. The molecule has 4 nitrogen and oxygen atoms in total. The fourth-order valence-corrected chi connectivity index (χ4v) is 2.31. The molecule has 1 heterocycles. The summed E-state index contributed by atoms with van der Waals surface area (Å²) in [6.07, 6.45) is 1.56. The average molecular weight is 324 g/mol. The highest BCUT2D eigenvalue weighted by Gasteiger charge is 2.29. The van der Waals surface area contributed by atoms with Crippen molar-refractivity contribution >= 4 is 15.9 Å². The molecule has 0 aliphatic heterocycles. The lowest BCUT2D eigenvalue weighted by atomic mass is 9.93. The number of nitrogens with zero attached hydrogens (tertiary/aromatic N) is 2. The van der Waals surface area contributed by atoms with Gasteiger partial charge in [0.1, 0.15) is 0 Å². The molecule has 5 heteroatoms. The molecule has 0 spiro atoms. The molecule has 19 heavy (non-hydrogen) atoms. The SMILES string of the molecule is CCC(N)(CC)c1noc(-c2cccc(Br)c2C)n1. The predicted octanol–water partition coefficient (Wildman–Crippen LogP) is 3.78. The maximum Gasteiger partial charge on any atom is 0.258 e. The zero-order valence-electron chi connectivity index (χ0n) is 11.4. The third-order valence-corrected chi connectivity index (χ3v) is 4.49. The van der Waals surface area contributed by atoms with Crippen molar-refractivity contribution < 1.29 is 4.52 Å². The zero-order chi connectivity index (χ0) is 14.0. The number of aromatic nitrogens is 2. The van der Waals surface area contributed by atoms with Crippen LogP contribution in [-0.2, 0) is 5.54 Å². The molecule has 0 fully saturated rings. The molecule has 0 atom stereocenters. The van der Waals surface area contributed by atoms with Crippen LogP contribution in [0.4, 0.5) is 0 Å². The van der Waals surface area contributed by atoms with Crippen LogP contribution in [0, 0.1) is 6.92 Å². The summed E-state index contributed by atoms with van der Waals surface area (Å²) in [7, 11) is 0. The molecular formula is C14H18BrN3O. The molecule has 0 saturated heterocycles. The number of halogens is 1. The van der Waals surface area contributed by atoms with E-state index in [1.807, 2.05) is 39.0 Å². The first kappa shape index (κ1) is 14.2. The third kappa shape index (κ3) is 2.58. The Bertz CT molecular complexity index is 576. The molecular weight excluding hydrogens is 306 g/mol. The van der Waals surface area contributed by atoms with Gasteiger partial charge in [-0.25, -0.2) is 0 Å². The molecule has 102 valence electrons. The van der Waals surface area contributed by atoms with Crippen LogP contribution in [0.1, 0.15) is 38.1 Å². The number of hydrogen-bond acceptors (Lipinski definition) is 4. The Kier molecular flexibility index (Phi) is 4.06.